The van der Waals surface area contributed by atoms with E-state index < -0.39 is 17.6 Å². The second kappa shape index (κ2) is 9.67. The predicted octanol–water partition coefficient (Wildman–Crippen LogP) is 2.72. The van der Waals surface area contributed by atoms with Gasteiger partial charge in [0.05, 0.1) is 24.3 Å². The van der Waals surface area contributed by atoms with Gasteiger partial charge in [0, 0.05) is 13.6 Å². The normalized spacial score (nSPS) is 11.7. The summed E-state index contributed by atoms with van der Waals surface area (Å²) in [5.41, 5.74) is 4.21. The molecule has 0 bridgehead atoms. The van der Waals surface area contributed by atoms with E-state index in [0.29, 0.717) is 6.33 Å². The second-order valence-corrected chi connectivity index (χ2v) is 5.83. The van der Waals surface area contributed by atoms with Crippen LogP contribution in [-0.4, -0.2) is 35.7 Å². The van der Waals surface area contributed by atoms with Crippen LogP contribution < -0.4 is 11.4 Å². The molecule has 3 rings (SSSR count). The third-order valence-corrected chi connectivity index (χ3v) is 3.92. The lowest BCUT2D eigenvalue weighted by Crippen LogP contribution is -2.26. The smallest absolute Gasteiger partial charge is 0.327 e. The van der Waals surface area contributed by atoms with Crippen LogP contribution in [0, 0.1) is 0 Å². The van der Waals surface area contributed by atoms with E-state index in [4.69, 9.17) is 5.73 Å². The predicted molar refractivity (Wildman–Crippen MR) is 105 cm³/mol. The quantitative estimate of drug-likeness (QED) is 0.604. The fourth-order valence-corrected chi connectivity index (χ4v) is 2.48. The Morgan fingerprint density at radius 3 is 2.57 bits per heavy atom. The fraction of sp³-hybridized carbons (Fsp3) is 0.294. The Bertz CT molecular complexity index is 1080. The van der Waals surface area contributed by atoms with Gasteiger partial charge in [0.15, 0.2) is 5.69 Å². The molecule has 0 aliphatic heterocycles. The number of hydrogen-bond donors (Lipinski definition) is 1. The third kappa shape index (κ3) is 4.94. The van der Waals surface area contributed by atoms with Crippen LogP contribution in [-0.2, 0) is 19.8 Å². The molecule has 3 heterocycles. The lowest BCUT2D eigenvalue weighted by atomic mass is 10.2. The Morgan fingerprint density at radius 1 is 1.30 bits per heavy atom. The van der Waals surface area contributed by atoms with Gasteiger partial charge in [-0.05, 0) is 23.8 Å². The van der Waals surface area contributed by atoms with Crippen LogP contribution in [0.15, 0.2) is 47.3 Å². The molecule has 0 amide bonds. The maximum Gasteiger partial charge on any atom is 0.435 e. The summed E-state index contributed by atoms with van der Waals surface area (Å²) in [6.45, 7) is -0.208. The summed E-state index contributed by atoms with van der Waals surface area (Å²) in [6.07, 6.45) is -3.09. The number of nitrogens with two attached hydrogens (primary N) is 1. The van der Waals surface area contributed by atoms with Crippen molar-refractivity contribution in [3.05, 3.63) is 58.7 Å². The van der Waals surface area contributed by atoms with Gasteiger partial charge in [0.25, 0.3) is 0 Å². The number of pyridine rings is 1. The zero-order valence-corrected chi connectivity index (χ0v) is 15.8. The van der Waals surface area contributed by atoms with Crippen molar-refractivity contribution in [1.29, 1.82) is 0 Å². The van der Waals surface area contributed by atoms with Gasteiger partial charge in [0.1, 0.15) is 12.1 Å². The summed E-state index contributed by atoms with van der Waals surface area (Å²) < 4.78 is 54.4. The van der Waals surface area contributed by atoms with Crippen LogP contribution in [0.2, 0.25) is 0 Å². The Balaban J connectivity index is 0.00000225. The second-order valence-electron chi connectivity index (χ2n) is 5.83. The van der Waals surface area contributed by atoms with Crippen LogP contribution >= 0.6 is 12.4 Å². The molecule has 0 aliphatic carbocycles. The van der Waals surface area contributed by atoms with Crippen LogP contribution in [0.4, 0.5) is 17.6 Å². The maximum atomic E-state index is 12.9. The van der Waals surface area contributed by atoms with Crippen LogP contribution in [0.5, 0.6) is 0 Å². The highest BCUT2D eigenvalue weighted by molar-refractivity contribution is 5.85. The van der Waals surface area contributed by atoms with E-state index in [-0.39, 0.29) is 55.7 Å². The van der Waals surface area contributed by atoms with Gasteiger partial charge in [-0.25, -0.2) is 23.4 Å². The lowest BCUT2D eigenvalue weighted by Gasteiger charge is -2.05. The first-order valence-electron chi connectivity index (χ1n) is 7.96. The number of aromatic nitrogens is 6. The molecule has 0 saturated carbocycles. The van der Waals surface area contributed by atoms with E-state index in [1.54, 1.807) is 0 Å². The summed E-state index contributed by atoms with van der Waals surface area (Å²) in [5.74, 6) is 0.141. The summed E-state index contributed by atoms with van der Waals surface area (Å²) in [6, 6.07) is 5.40. The molecule has 0 aromatic carbocycles. The fourth-order valence-electron chi connectivity index (χ4n) is 2.48. The number of nitrogens with zero attached hydrogens (tertiary/aromatic N) is 6. The van der Waals surface area contributed by atoms with Crippen molar-refractivity contribution in [1.82, 2.24) is 29.1 Å². The van der Waals surface area contributed by atoms with Gasteiger partial charge >= 0.3 is 11.9 Å². The van der Waals surface area contributed by atoms with Gasteiger partial charge in [-0.15, -0.1) is 12.4 Å². The number of rotatable bonds is 5. The van der Waals surface area contributed by atoms with Crippen molar-refractivity contribution in [2.24, 2.45) is 12.8 Å². The Labute approximate surface area is 175 Å². The molecule has 8 nitrogen and oxygen atoms in total. The average Bonchev–Trinajstić information content (AvgIpc) is 3.22. The highest BCUT2D eigenvalue weighted by atomic mass is 35.5. The number of halogens is 5. The van der Waals surface area contributed by atoms with Gasteiger partial charge in [-0.1, -0.05) is 13.5 Å². The zero-order valence-electron chi connectivity index (χ0n) is 15.0. The lowest BCUT2D eigenvalue weighted by molar-refractivity contribution is -0.141. The van der Waals surface area contributed by atoms with Gasteiger partial charge < -0.3 is 5.73 Å². The van der Waals surface area contributed by atoms with Gasteiger partial charge in [0.2, 0.25) is 0 Å². The Morgan fingerprint density at radius 2 is 2.00 bits per heavy atom. The van der Waals surface area contributed by atoms with Crippen molar-refractivity contribution in [3.8, 4) is 17.2 Å². The molecule has 30 heavy (non-hydrogen) atoms. The average molecular weight is 450 g/mol. The molecule has 13 heteroatoms. The van der Waals surface area contributed by atoms with E-state index in [9.17, 15) is 22.4 Å². The van der Waals surface area contributed by atoms with Crippen molar-refractivity contribution in [2.45, 2.75) is 20.1 Å². The van der Waals surface area contributed by atoms with Crippen molar-refractivity contribution >= 4 is 12.4 Å². The number of hydrogen-bond acceptors (Lipinski definition) is 5. The number of aryl methyl sites for hydroxylation is 1. The third-order valence-electron chi connectivity index (χ3n) is 3.92. The summed E-state index contributed by atoms with van der Waals surface area (Å²) in [5, 5.41) is 7.33. The van der Waals surface area contributed by atoms with Crippen molar-refractivity contribution < 1.29 is 17.6 Å². The molecule has 0 fully saturated rings. The molecule has 0 saturated heterocycles. The topological polar surface area (TPSA) is 96.5 Å². The molecule has 0 aliphatic rings. The molecular formula is C17H20ClF4N7O. The number of alkyl halides is 3. The molecule has 0 atom stereocenters. The van der Waals surface area contributed by atoms with E-state index in [2.05, 4.69) is 15.2 Å². The first kappa shape index (κ1) is 25.0. The summed E-state index contributed by atoms with van der Waals surface area (Å²) in [4.78, 5) is 16.7. The molecule has 0 spiro atoms. The van der Waals surface area contributed by atoms with Crippen LogP contribution in [0.1, 0.15) is 13.1 Å². The first-order chi connectivity index (χ1) is 13.2. The molecule has 2 N–H and O–H groups in total. The Kier molecular flexibility index (Phi) is 8.08. The zero-order chi connectivity index (χ0) is 20.5. The largest absolute Gasteiger partial charge is 0.435 e. The summed E-state index contributed by atoms with van der Waals surface area (Å²) in [7, 11) is 1.36. The molecular weight excluding hydrogens is 430 g/mol. The molecule has 0 radical (unpaired) electrons. The summed E-state index contributed by atoms with van der Waals surface area (Å²) >= 11 is 0. The Hall–Kier alpha value is -2.99. The van der Waals surface area contributed by atoms with Gasteiger partial charge in [-0.2, -0.15) is 23.4 Å². The highest BCUT2D eigenvalue weighted by Gasteiger charge is 2.34. The van der Waals surface area contributed by atoms with E-state index in [1.807, 2.05) is 0 Å². The monoisotopic (exact) mass is 449 g/mol. The van der Waals surface area contributed by atoms with Crippen molar-refractivity contribution in [2.75, 3.05) is 6.54 Å². The van der Waals surface area contributed by atoms with E-state index >= 15 is 0 Å². The maximum absolute atomic E-state index is 12.9. The molecule has 164 valence electrons. The highest BCUT2D eigenvalue weighted by Crippen LogP contribution is 2.31. The van der Waals surface area contributed by atoms with E-state index in [1.165, 1.54) is 31.6 Å². The molecule has 0 unspecified atom stereocenters. The standard InChI is InChI=1S/C16H15F4N7O.CH4.ClH/c1-25-12(5-13(24-25)16(18,19)20)11-3-2-4-14(23-11)26-9-22-27(15(26)28)8-10(6-17)7-21;;/h2-6,9H,7-8,21H2,1H3;1H4;1H/b10-6+;;. The van der Waals surface area contributed by atoms with Crippen LogP contribution in [0.25, 0.3) is 17.2 Å². The minimum absolute atomic E-state index is 0. The van der Waals surface area contributed by atoms with Crippen LogP contribution in [0.3, 0.4) is 0 Å². The van der Waals surface area contributed by atoms with Crippen molar-refractivity contribution in [3.63, 3.8) is 0 Å². The SMILES string of the molecule is C.Cl.Cn1nc(C(F)(F)F)cc1-c1cccc(-n2cnn(C/C(=C/F)CN)c2=O)n1. The first-order valence-corrected chi connectivity index (χ1v) is 7.96. The van der Waals surface area contributed by atoms with E-state index in [0.717, 1.165) is 20.0 Å². The van der Waals surface area contributed by atoms with Gasteiger partial charge in [-0.3, -0.25) is 4.68 Å². The molecule has 3 aromatic rings. The minimum atomic E-state index is -4.59. The minimum Gasteiger partial charge on any atom is -0.327 e. The molecule has 3 aromatic heterocycles.